The molecule has 0 heterocycles. The van der Waals surface area contributed by atoms with E-state index in [-0.39, 0.29) is 11.9 Å². The number of rotatable bonds is 5. The summed E-state index contributed by atoms with van der Waals surface area (Å²) in [5.41, 5.74) is 7.72. The van der Waals surface area contributed by atoms with Crippen LogP contribution in [0.25, 0.3) is 0 Å². The lowest BCUT2D eigenvalue weighted by Gasteiger charge is -2.26. The molecule has 0 saturated heterocycles. The van der Waals surface area contributed by atoms with Crippen molar-refractivity contribution in [1.82, 2.24) is 0 Å². The van der Waals surface area contributed by atoms with E-state index in [0.717, 1.165) is 17.7 Å². The van der Waals surface area contributed by atoms with Gasteiger partial charge in [-0.15, -0.1) is 0 Å². The number of carbonyl (C=O) groups excluding carboxylic acids is 1. The van der Waals surface area contributed by atoms with Gasteiger partial charge in [0.25, 0.3) is 0 Å². The van der Waals surface area contributed by atoms with E-state index in [1.807, 2.05) is 31.2 Å². The Labute approximate surface area is 115 Å². The number of nitrogens with two attached hydrogens (primary N) is 1. The molecule has 3 N–H and O–H groups in total. The minimum absolute atomic E-state index is 0.242. The molecule has 0 radical (unpaired) electrons. The van der Waals surface area contributed by atoms with Gasteiger partial charge in [-0.1, -0.05) is 50.3 Å². The van der Waals surface area contributed by atoms with Crippen LogP contribution in [0.3, 0.4) is 0 Å². The highest BCUT2D eigenvalue weighted by Gasteiger charge is 2.22. The molecule has 1 aliphatic rings. The fraction of sp³-hybridized carbons (Fsp3) is 0.562. The van der Waals surface area contributed by atoms with E-state index in [4.69, 9.17) is 5.73 Å². The molecule has 1 aliphatic carbocycles. The highest BCUT2D eigenvalue weighted by Crippen LogP contribution is 2.28. The van der Waals surface area contributed by atoms with E-state index < -0.39 is 0 Å². The SMILES string of the molecule is Cc1ccccc1NC(CC1CCCCC1)C(N)=O. The van der Waals surface area contributed by atoms with Crippen LogP contribution in [-0.4, -0.2) is 11.9 Å². The van der Waals surface area contributed by atoms with Crippen molar-refractivity contribution in [2.75, 3.05) is 5.32 Å². The van der Waals surface area contributed by atoms with Crippen LogP contribution in [0.4, 0.5) is 5.69 Å². The van der Waals surface area contributed by atoms with Crippen LogP contribution in [0.15, 0.2) is 24.3 Å². The Bertz CT molecular complexity index is 425. The molecule has 3 heteroatoms. The van der Waals surface area contributed by atoms with Gasteiger partial charge in [0.2, 0.25) is 5.91 Å². The van der Waals surface area contributed by atoms with Crippen LogP contribution in [0.5, 0.6) is 0 Å². The maximum atomic E-state index is 11.6. The summed E-state index contributed by atoms with van der Waals surface area (Å²) in [6, 6.07) is 7.78. The van der Waals surface area contributed by atoms with Gasteiger partial charge in [0.05, 0.1) is 0 Å². The monoisotopic (exact) mass is 260 g/mol. The molecule has 1 saturated carbocycles. The number of hydrogen-bond donors (Lipinski definition) is 2. The molecule has 3 nitrogen and oxygen atoms in total. The maximum absolute atomic E-state index is 11.6. The average Bonchev–Trinajstić information content (AvgIpc) is 2.41. The predicted molar refractivity (Wildman–Crippen MR) is 79.0 cm³/mol. The van der Waals surface area contributed by atoms with Gasteiger partial charge < -0.3 is 11.1 Å². The molecule has 2 rings (SSSR count). The zero-order valence-electron chi connectivity index (χ0n) is 11.7. The lowest BCUT2D eigenvalue weighted by molar-refractivity contribution is -0.119. The summed E-state index contributed by atoms with van der Waals surface area (Å²) in [5, 5.41) is 3.32. The van der Waals surface area contributed by atoms with Gasteiger partial charge in [-0.25, -0.2) is 0 Å². The van der Waals surface area contributed by atoms with Gasteiger partial charge in [0, 0.05) is 5.69 Å². The van der Waals surface area contributed by atoms with Gasteiger partial charge in [0.1, 0.15) is 6.04 Å². The van der Waals surface area contributed by atoms with Gasteiger partial charge in [0.15, 0.2) is 0 Å². The third-order valence-corrected chi connectivity index (χ3v) is 4.11. The Morgan fingerprint density at radius 1 is 1.32 bits per heavy atom. The largest absolute Gasteiger partial charge is 0.373 e. The lowest BCUT2D eigenvalue weighted by Crippen LogP contribution is -2.37. The first-order valence-corrected chi connectivity index (χ1v) is 7.28. The smallest absolute Gasteiger partial charge is 0.239 e. The van der Waals surface area contributed by atoms with Gasteiger partial charge in [-0.2, -0.15) is 0 Å². The molecule has 1 aromatic carbocycles. The van der Waals surface area contributed by atoms with Crippen molar-refractivity contribution >= 4 is 11.6 Å². The molecule has 1 fully saturated rings. The number of para-hydroxylation sites is 1. The second-order valence-electron chi connectivity index (χ2n) is 5.65. The maximum Gasteiger partial charge on any atom is 0.239 e. The number of primary amides is 1. The first kappa shape index (κ1) is 13.9. The summed E-state index contributed by atoms with van der Waals surface area (Å²) in [5.74, 6) is 0.400. The Morgan fingerprint density at radius 3 is 2.63 bits per heavy atom. The van der Waals surface area contributed by atoms with Crippen LogP contribution in [0.1, 0.15) is 44.1 Å². The number of benzene rings is 1. The summed E-state index contributed by atoms with van der Waals surface area (Å²) < 4.78 is 0. The topological polar surface area (TPSA) is 55.1 Å². The van der Waals surface area contributed by atoms with Crippen LogP contribution in [0.2, 0.25) is 0 Å². The van der Waals surface area contributed by atoms with Crippen molar-refractivity contribution < 1.29 is 4.79 Å². The van der Waals surface area contributed by atoms with Crippen LogP contribution in [0, 0.1) is 12.8 Å². The Morgan fingerprint density at radius 2 is 2.00 bits per heavy atom. The molecular formula is C16H24N2O. The predicted octanol–water partition coefficient (Wildman–Crippen LogP) is 3.23. The number of hydrogen-bond acceptors (Lipinski definition) is 2. The minimum Gasteiger partial charge on any atom is -0.373 e. The van der Waals surface area contributed by atoms with Gasteiger partial charge in [-0.3, -0.25) is 4.79 Å². The van der Waals surface area contributed by atoms with Crippen LogP contribution >= 0.6 is 0 Å². The molecule has 104 valence electrons. The van der Waals surface area contributed by atoms with E-state index in [1.54, 1.807) is 0 Å². The van der Waals surface area contributed by atoms with Gasteiger partial charge in [-0.05, 0) is 30.9 Å². The Balaban J connectivity index is 2.00. The van der Waals surface area contributed by atoms with E-state index in [2.05, 4.69) is 5.32 Å². The molecule has 1 amide bonds. The van der Waals surface area contributed by atoms with E-state index in [0.29, 0.717) is 5.92 Å². The van der Waals surface area contributed by atoms with E-state index >= 15 is 0 Å². The second kappa shape index (κ2) is 6.60. The second-order valence-corrected chi connectivity index (χ2v) is 5.65. The standard InChI is InChI=1S/C16H24N2O/c1-12-7-5-6-10-14(12)18-15(16(17)19)11-13-8-3-2-4-9-13/h5-7,10,13,15,18H,2-4,8-9,11H2,1H3,(H2,17,19). The number of amides is 1. The molecule has 0 aromatic heterocycles. The Kier molecular flexibility index (Phi) is 4.83. The molecular weight excluding hydrogens is 236 g/mol. The molecule has 19 heavy (non-hydrogen) atoms. The molecule has 1 aromatic rings. The number of anilines is 1. The fourth-order valence-corrected chi connectivity index (χ4v) is 2.92. The first-order valence-electron chi connectivity index (χ1n) is 7.28. The van der Waals surface area contributed by atoms with Crippen molar-refractivity contribution in [1.29, 1.82) is 0 Å². The third kappa shape index (κ3) is 3.98. The van der Waals surface area contributed by atoms with Crippen molar-refractivity contribution in [2.24, 2.45) is 11.7 Å². The van der Waals surface area contributed by atoms with Crippen molar-refractivity contribution in [3.8, 4) is 0 Å². The van der Waals surface area contributed by atoms with E-state index in [9.17, 15) is 4.79 Å². The number of aryl methyl sites for hydroxylation is 1. The third-order valence-electron chi connectivity index (χ3n) is 4.11. The highest BCUT2D eigenvalue weighted by molar-refractivity contribution is 5.83. The molecule has 1 unspecified atom stereocenters. The molecule has 0 spiro atoms. The summed E-state index contributed by atoms with van der Waals surface area (Å²) in [7, 11) is 0. The summed E-state index contributed by atoms with van der Waals surface area (Å²) in [4.78, 5) is 11.6. The van der Waals surface area contributed by atoms with Gasteiger partial charge >= 0.3 is 0 Å². The number of nitrogens with one attached hydrogen (secondary N) is 1. The van der Waals surface area contributed by atoms with Crippen molar-refractivity contribution in [3.05, 3.63) is 29.8 Å². The van der Waals surface area contributed by atoms with Crippen molar-refractivity contribution in [3.63, 3.8) is 0 Å². The zero-order valence-corrected chi connectivity index (χ0v) is 11.7. The zero-order chi connectivity index (χ0) is 13.7. The summed E-state index contributed by atoms with van der Waals surface area (Å²) in [6.07, 6.45) is 7.26. The number of carbonyl (C=O) groups is 1. The summed E-state index contributed by atoms with van der Waals surface area (Å²) in [6.45, 7) is 2.04. The van der Waals surface area contributed by atoms with Crippen LogP contribution in [-0.2, 0) is 4.79 Å². The Hall–Kier alpha value is -1.51. The fourth-order valence-electron chi connectivity index (χ4n) is 2.92. The molecule has 0 bridgehead atoms. The highest BCUT2D eigenvalue weighted by atomic mass is 16.1. The van der Waals surface area contributed by atoms with E-state index in [1.165, 1.54) is 32.1 Å². The van der Waals surface area contributed by atoms with Crippen LogP contribution < -0.4 is 11.1 Å². The first-order chi connectivity index (χ1) is 9.16. The minimum atomic E-state index is -0.246. The average molecular weight is 260 g/mol. The molecule has 0 aliphatic heterocycles. The quantitative estimate of drug-likeness (QED) is 0.854. The normalized spacial score (nSPS) is 17.9. The molecule has 1 atom stereocenters. The summed E-state index contributed by atoms with van der Waals surface area (Å²) >= 11 is 0. The lowest BCUT2D eigenvalue weighted by atomic mass is 9.84. The van der Waals surface area contributed by atoms with Crippen molar-refractivity contribution in [2.45, 2.75) is 51.5 Å².